The lowest BCUT2D eigenvalue weighted by Gasteiger charge is -2.36. The lowest BCUT2D eigenvalue weighted by Crippen LogP contribution is -2.36. The first-order valence-electron chi connectivity index (χ1n) is 11.2. The van der Waals surface area contributed by atoms with Crippen molar-refractivity contribution in [3.8, 4) is 0 Å². The van der Waals surface area contributed by atoms with Crippen LogP contribution in [0.2, 0.25) is 5.02 Å². The standard InChI is InChI=1S/C26H25ClN2O6/c1-15-23(26(31)35-12-11-34-2)24(17-5-9-20(10-6-17)29(32)33)25-21(28-15)13-18(14-22(25)30)16-3-7-19(27)8-4-16/h3-10,18,24,28H,11-14H2,1-2H3. The zero-order valence-corrected chi connectivity index (χ0v) is 20.1. The molecule has 4 rings (SSSR count). The summed E-state index contributed by atoms with van der Waals surface area (Å²) in [4.78, 5) is 37.3. The first-order chi connectivity index (χ1) is 16.8. The number of hydrogen-bond donors (Lipinski definition) is 1. The van der Waals surface area contributed by atoms with Crippen molar-refractivity contribution in [2.24, 2.45) is 0 Å². The minimum Gasteiger partial charge on any atom is -0.460 e. The van der Waals surface area contributed by atoms with Crippen molar-refractivity contribution >= 4 is 29.0 Å². The molecule has 182 valence electrons. The highest BCUT2D eigenvalue weighted by atomic mass is 35.5. The second-order valence-corrected chi connectivity index (χ2v) is 8.98. The van der Waals surface area contributed by atoms with Crippen molar-refractivity contribution in [1.29, 1.82) is 0 Å². The predicted molar refractivity (Wildman–Crippen MR) is 130 cm³/mol. The highest BCUT2D eigenvalue weighted by molar-refractivity contribution is 6.30. The number of halogens is 1. The number of dihydropyridines is 1. The summed E-state index contributed by atoms with van der Waals surface area (Å²) >= 11 is 6.03. The Morgan fingerprint density at radius 1 is 1.09 bits per heavy atom. The van der Waals surface area contributed by atoms with Crippen LogP contribution in [0.5, 0.6) is 0 Å². The molecule has 0 fully saturated rings. The van der Waals surface area contributed by atoms with Gasteiger partial charge in [-0.25, -0.2) is 4.79 Å². The van der Waals surface area contributed by atoms with E-state index in [9.17, 15) is 19.7 Å². The van der Waals surface area contributed by atoms with Gasteiger partial charge in [0.05, 0.1) is 17.1 Å². The van der Waals surface area contributed by atoms with E-state index in [1.54, 1.807) is 31.2 Å². The maximum absolute atomic E-state index is 13.5. The van der Waals surface area contributed by atoms with Gasteiger partial charge in [-0.15, -0.1) is 0 Å². The van der Waals surface area contributed by atoms with Crippen LogP contribution < -0.4 is 5.32 Å². The van der Waals surface area contributed by atoms with Gasteiger partial charge in [-0.3, -0.25) is 14.9 Å². The Morgan fingerprint density at radius 2 is 1.74 bits per heavy atom. The number of benzene rings is 2. The van der Waals surface area contributed by atoms with E-state index in [0.29, 0.717) is 33.9 Å². The van der Waals surface area contributed by atoms with Crippen LogP contribution in [-0.2, 0) is 19.1 Å². The summed E-state index contributed by atoms with van der Waals surface area (Å²) < 4.78 is 10.4. The molecule has 0 radical (unpaired) electrons. The number of nitro groups is 1. The van der Waals surface area contributed by atoms with Gasteiger partial charge in [0.1, 0.15) is 6.61 Å². The molecule has 2 aromatic carbocycles. The van der Waals surface area contributed by atoms with E-state index in [2.05, 4.69) is 5.32 Å². The molecule has 0 spiro atoms. The molecule has 8 nitrogen and oxygen atoms in total. The molecular formula is C26H25ClN2O6. The maximum atomic E-state index is 13.5. The van der Waals surface area contributed by atoms with Gasteiger partial charge < -0.3 is 14.8 Å². The Kier molecular flexibility index (Phi) is 7.33. The zero-order valence-electron chi connectivity index (χ0n) is 19.4. The molecule has 0 bridgehead atoms. The molecule has 2 aromatic rings. The van der Waals surface area contributed by atoms with E-state index < -0.39 is 16.8 Å². The molecule has 2 unspecified atom stereocenters. The third-order valence-electron chi connectivity index (χ3n) is 6.35. The lowest BCUT2D eigenvalue weighted by atomic mass is 9.71. The van der Waals surface area contributed by atoms with Gasteiger partial charge in [-0.1, -0.05) is 35.9 Å². The number of Topliss-reactive ketones (excluding diaryl/α,β-unsaturated/α-hetero) is 1. The fraction of sp³-hybridized carbons (Fsp3) is 0.308. The largest absolute Gasteiger partial charge is 0.460 e. The van der Waals surface area contributed by atoms with Gasteiger partial charge in [0.25, 0.3) is 5.69 Å². The van der Waals surface area contributed by atoms with Crippen LogP contribution in [0.1, 0.15) is 42.7 Å². The Morgan fingerprint density at radius 3 is 2.37 bits per heavy atom. The van der Waals surface area contributed by atoms with E-state index in [0.717, 1.165) is 11.3 Å². The Bertz CT molecular complexity index is 1220. The van der Waals surface area contributed by atoms with E-state index >= 15 is 0 Å². The number of nitrogens with zero attached hydrogens (tertiary/aromatic N) is 1. The molecule has 1 N–H and O–H groups in total. The summed E-state index contributed by atoms with van der Waals surface area (Å²) in [6.07, 6.45) is 0.853. The number of methoxy groups -OCH3 is 1. The number of non-ortho nitro benzene ring substituents is 1. The first kappa shape index (κ1) is 24.6. The van der Waals surface area contributed by atoms with Crippen molar-refractivity contribution in [2.75, 3.05) is 20.3 Å². The average molecular weight is 497 g/mol. The Hall–Kier alpha value is -3.49. The number of rotatable bonds is 7. The molecular weight excluding hydrogens is 472 g/mol. The number of carbonyl (C=O) groups excluding carboxylic acids is 2. The number of nitrogens with one attached hydrogen (secondary N) is 1. The van der Waals surface area contributed by atoms with Crippen molar-refractivity contribution in [1.82, 2.24) is 5.32 Å². The number of esters is 1. The van der Waals surface area contributed by atoms with Crippen molar-refractivity contribution < 1.29 is 24.0 Å². The van der Waals surface area contributed by atoms with Crippen LogP contribution in [0.25, 0.3) is 0 Å². The summed E-state index contributed by atoms with van der Waals surface area (Å²) in [5.74, 6) is -1.38. The normalized spacial score (nSPS) is 19.8. The number of allylic oxidation sites excluding steroid dienone is 3. The van der Waals surface area contributed by atoms with Gasteiger partial charge in [0, 0.05) is 53.6 Å². The van der Waals surface area contributed by atoms with Crippen LogP contribution in [-0.4, -0.2) is 37.0 Å². The van der Waals surface area contributed by atoms with E-state index in [1.807, 2.05) is 12.1 Å². The summed E-state index contributed by atoms with van der Waals surface area (Å²) in [6, 6.07) is 13.4. The van der Waals surface area contributed by atoms with Crippen LogP contribution in [0.3, 0.4) is 0 Å². The van der Waals surface area contributed by atoms with Crippen LogP contribution in [0.15, 0.2) is 71.1 Å². The van der Waals surface area contributed by atoms with E-state index in [-0.39, 0.29) is 37.0 Å². The van der Waals surface area contributed by atoms with Gasteiger partial charge in [0.15, 0.2) is 5.78 Å². The minimum atomic E-state index is -0.694. The molecule has 1 aliphatic carbocycles. The fourth-order valence-corrected chi connectivity index (χ4v) is 4.82. The number of ether oxygens (including phenoxy) is 2. The van der Waals surface area contributed by atoms with Gasteiger partial charge in [-0.2, -0.15) is 0 Å². The molecule has 2 aliphatic rings. The number of carbonyl (C=O) groups is 2. The number of nitro benzene ring substituents is 1. The third kappa shape index (κ3) is 5.13. The summed E-state index contributed by atoms with van der Waals surface area (Å²) in [6.45, 7) is 2.08. The van der Waals surface area contributed by atoms with E-state index in [4.69, 9.17) is 21.1 Å². The highest BCUT2D eigenvalue weighted by Gasteiger charge is 2.41. The van der Waals surface area contributed by atoms with Crippen molar-refractivity contribution in [2.45, 2.75) is 31.6 Å². The molecule has 0 aromatic heterocycles. The molecule has 1 aliphatic heterocycles. The summed E-state index contributed by atoms with van der Waals surface area (Å²) in [7, 11) is 1.51. The molecule has 2 atom stereocenters. The predicted octanol–water partition coefficient (Wildman–Crippen LogP) is 4.80. The first-order valence-corrected chi connectivity index (χ1v) is 11.6. The molecule has 0 saturated carbocycles. The molecule has 1 heterocycles. The molecule has 0 saturated heterocycles. The van der Waals surface area contributed by atoms with Crippen LogP contribution >= 0.6 is 11.6 Å². The fourth-order valence-electron chi connectivity index (χ4n) is 4.70. The van der Waals surface area contributed by atoms with Crippen LogP contribution in [0.4, 0.5) is 5.69 Å². The summed E-state index contributed by atoms with van der Waals surface area (Å²) in [5, 5.41) is 15.1. The molecule has 35 heavy (non-hydrogen) atoms. The molecule has 0 amide bonds. The smallest absolute Gasteiger partial charge is 0.336 e. The Labute approximate surface area is 207 Å². The number of hydrogen-bond acceptors (Lipinski definition) is 7. The van der Waals surface area contributed by atoms with Crippen molar-refractivity contribution in [3.05, 3.63) is 97.3 Å². The SMILES string of the molecule is COCCOC(=O)C1=C(C)NC2=C(C(=O)CC(c3ccc(Cl)cc3)C2)C1c1ccc([N+](=O)[O-])cc1. The summed E-state index contributed by atoms with van der Waals surface area (Å²) in [5.41, 5.74) is 3.69. The second-order valence-electron chi connectivity index (χ2n) is 8.55. The number of ketones is 1. The zero-order chi connectivity index (χ0) is 25.1. The monoisotopic (exact) mass is 496 g/mol. The lowest BCUT2D eigenvalue weighted by molar-refractivity contribution is -0.384. The Balaban J connectivity index is 1.75. The van der Waals surface area contributed by atoms with Gasteiger partial charge >= 0.3 is 5.97 Å². The van der Waals surface area contributed by atoms with Crippen molar-refractivity contribution in [3.63, 3.8) is 0 Å². The third-order valence-corrected chi connectivity index (χ3v) is 6.60. The van der Waals surface area contributed by atoms with Crippen LogP contribution in [0, 0.1) is 10.1 Å². The minimum absolute atomic E-state index is 0.0356. The topological polar surface area (TPSA) is 108 Å². The second kappa shape index (κ2) is 10.4. The quantitative estimate of drug-likeness (QED) is 0.254. The highest BCUT2D eigenvalue weighted by Crippen LogP contribution is 2.46. The average Bonchev–Trinajstić information content (AvgIpc) is 2.83. The van der Waals surface area contributed by atoms with Gasteiger partial charge in [-0.05, 0) is 42.5 Å². The van der Waals surface area contributed by atoms with Gasteiger partial charge in [0.2, 0.25) is 0 Å². The molecule has 9 heteroatoms. The maximum Gasteiger partial charge on any atom is 0.336 e. The van der Waals surface area contributed by atoms with E-state index in [1.165, 1.54) is 19.2 Å².